The molecule has 1 aromatic carbocycles. The van der Waals surface area contributed by atoms with Crippen LogP contribution in [0.15, 0.2) is 18.2 Å². The monoisotopic (exact) mass is 367 g/mol. The Morgan fingerprint density at radius 1 is 1.27 bits per heavy atom. The summed E-state index contributed by atoms with van der Waals surface area (Å²) in [6.07, 6.45) is 3.69. The molecule has 0 bridgehead atoms. The normalized spacial score (nSPS) is 15.9. The molecule has 2 amide bonds. The largest absolute Gasteiger partial charge is 0.346 e. The van der Waals surface area contributed by atoms with Crippen LogP contribution >= 0.6 is 0 Å². The van der Waals surface area contributed by atoms with Crippen molar-refractivity contribution < 1.29 is 18.4 Å². The van der Waals surface area contributed by atoms with Gasteiger partial charge in [-0.25, -0.2) is 8.78 Å². The molecule has 1 aliphatic carbocycles. The van der Waals surface area contributed by atoms with E-state index >= 15 is 0 Å². The number of carbonyl (C=O) groups excluding carboxylic acids is 2. The first-order valence-electron chi connectivity index (χ1n) is 9.06. The van der Waals surface area contributed by atoms with Crippen molar-refractivity contribution in [1.82, 2.24) is 10.2 Å². The first-order valence-corrected chi connectivity index (χ1v) is 9.06. The lowest BCUT2D eigenvalue weighted by molar-refractivity contribution is -0.135. The van der Waals surface area contributed by atoms with Crippen molar-refractivity contribution in [3.8, 4) is 0 Å². The minimum Gasteiger partial charge on any atom is -0.346 e. The number of carbonyl (C=O) groups is 2. The van der Waals surface area contributed by atoms with Crippen LogP contribution in [0.2, 0.25) is 0 Å². The zero-order valence-electron chi connectivity index (χ0n) is 15.3. The summed E-state index contributed by atoms with van der Waals surface area (Å²) >= 11 is 0. The van der Waals surface area contributed by atoms with E-state index in [1.54, 1.807) is 4.90 Å². The second-order valence-corrected chi connectivity index (χ2v) is 7.18. The lowest BCUT2D eigenvalue weighted by Gasteiger charge is -2.29. The standard InChI is InChI=1S/C19H27F2N3O2/c1-12(2)18(22)19(26)23-10-17(25)24(15-5-3-4-6-15)11-13-7-8-14(20)9-16(13)21/h7-9,12,15,18H,3-6,10-11,22H2,1-2H3,(H,23,26)/t18-/m0/s1. The summed E-state index contributed by atoms with van der Waals surface area (Å²) < 4.78 is 27.1. The van der Waals surface area contributed by atoms with Crippen molar-refractivity contribution in [1.29, 1.82) is 0 Å². The van der Waals surface area contributed by atoms with Gasteiger partial charge in [-0.1, -0.05) is 32.8 Å². The van der Waals surface area contributed by atoms with Gasteiger partial charge in [-0.2, -0.15) is 0 Å². The van der Waals surface area contributed by atoms with E-state index in [2.05, 4.69) is 5.32 Å². The van der Waals surface area contributed by atoms with Crippen LogP contribution < -0.4 is 11.1 Å². The molecule has 1 aromatic rings. The fourth-order valence-corrected chi connectivity index (χ4v) is 3.16. The lowest BCUT2D eigenvalue weighted by Crippen LogP contribution is -2.49. The Bertz CT molecular complexity index is 646. The first kappa shape index (κ1) is 20.3. The molecule has 0 aliphatic heterocycles. The van der Waals surface area contributed by atoms with Crippen molar-refractivity contribution in [3.05, 3.63) is 35.4 Å². The van der Waals surface area contributed by atoms with E-state index in [0.29, 0.717) is 0 Å². The van der Waals surface area contributed by atoms with Gasteiger partial charge in [0.1, 0.15) is 11.6 Å². The summed E-state index contributed by atoms with van der Waals surface area (Å²) in [6.45, 7) is 3.53. The molecule has 1 saturated carbocycles. The molecule has 0 saturated heterocycles. The molecule has 144 valence electrons. The van der Waals surface area contributed by atoms with Crippen molar-refractivity contribution in [3.63, 3.8) is 0 Å². The topological polar surface area (TPSA) is 75.4 Å². The molecule has 1 atom stereocenters. The van der Waals surface area contributed by atoms with Gasteiger partial charge in [0.15, 0.2) is 0 Å². The highest BCUT2D eigenvalue weighted by Gasteiger charge is 2.28. The second-order valence-electron chi connectivity index (χ2n) is 7.18. The quantitative estimate of drug-likeness (QED) is 0.777. The maximum Gasteiger partial charge on any atom is 0.242 e. The fourth-order valence-electron chi connectivity index (χ4n) is 3.16. The highest BCUT2D eigenvalue weighted by molar-refractivity contribution is 5.87. The molecule has 1 fully saturated rings. The van der Waals surface area contributed by atoms with Crippen molar-refractivity contribution in [2.45, 2.75) is 58.2 Å². The molecule has 0 spiro atoms. The van der Waals surface area contributed by atoms with Crippen LogP contribution in [-0.2, 0) is 16.1 Å². The van der Waals surface area contributed by atoms with Gasteiger partial charge < -0.3 is 16.0 Å². The Balaban J connectivity index is 2.06. The minimum atomic E-state index is -0.683. The van der Waals surface area contributed by atoms with Crippen LogP contribution in [0.4, 0.5) is 8.78 Å². The lowest BCUT2D eigenvalue weighted by atomic mass is 10.1. The number of hydrogen-bond acceptors (Lipinski definition) is 3. The third-order valence-electron chi connectivity index (χ3n) is 4.88. The molecule has 2 rings (SSSR count). The smallest absolute Gasteiger partial charge is 0.242 e. The molecule has 26 heavy (non-hydrogen) atoms. The molecule has 0 heterocycles. The average molecular weight is 367 g/mol. The zero-order chi connectivity index (χ0) is 19.3. The summed E-state index contributed by atoms with van der Waals surface area (Å²) in [7, 11) is 0. The van der Waals surface area contributed by atoms with Gasteiger partial charge in [-0.15, -0.1) is 0 Å². The number of nitrogens with two attached hydrogens (primary N) is 1. The summed E-state index contributed by atoms with van der Waals surface area (Å²) in [4.78, 5) is 26.2. The van der Waals surface area contributed by atoms with Crippen LogP contribution in [0.25, 0.3) is 0 Å². The van der Waals surface area contributed by atoms with E-state index in [-0.39, 0.29) is 42.4 Å². The Morgan fingerprint density at radius 2 is 1.92 bits per heavy atom. The Morgan fingerprint density at radius 3 is 2.50 bits per heavy atom. The van der Waals surface area contributed by atoms with Gasteiger partial charge in [0.05, 0.1) is 12.6 Å². The third-order valence-corrected chi connectivity index (χ3v) is 4.88. The maximum atomic E-state index is 14.0. The number of rotatable bonds is 7. The number of halogens is 2. The molecule has 7 heteroatoms. The van der Waals surface area contributed by atoms with Crippen LogP contribution in [0, 0.1) is 17.6 Å². The highest BCUT2D eigenvalue weighted by atomic mass is 19.1. The van der Waals surface area contributed by atoms with E-state index in [1.807, 2.05) is 13.8 Å². The van der Waals surface area contributed by atoms with E-state index in [1.165, 1.54) is 12.1 Å². The highest BCUT2D eigenvalue weighted by Crippen LogP contribution is 2.25. The number of amides is 2. The Kier molecular flexibility index (Phi) is 7.08. The fraction of sp³-hybridized carbons (Fsp3) is 0.579. The summed E-state index contributed by atoms with van der Waals surface area (Å²) in [5.74, 6) is -2.03. The number of nitrogens with one attached hydrogen (secondary N) is 1. The number of nitrogens with zero attached hydrogens (tertiary/aromatic N) is 1. The van der Waals surface area contributed by atoms with Crippen LogP contribution in [0.5, 0.6) is 0 Å². The number of hydrogen-bond donors (Lipinski definition) is 2. The summed E-state index contributed by atoms with van der Waals surface area (Å²) in [6, 6.07) is 2.67. The predicted octanol–water partition coefficient (Wildman–Crippen LogP) is 2.34. The van der Waals surface area contributed by atoms with E-state index in [0.717, 1.165) is 31.7 Å². The molecular weight excluding hydrogens is 340 g/mol. The predicted molar refractivity (Wildman–Crippen MR) is 95.0 cm³/mol. The van der Waals surface area contributed by atoms with Gasteiger partial charge in [-0.05, 0) is 24.8 Å². The van der Waals surface area contributed by atoms with Gasteiger partial charge in [0, 0.05) is 24.2 Å². The van der Waals surface area contributed by atoms with Crippen LogP contribution in [-0.4, -0.2) is 35.3 Å². The molecule has 3 N–H and O–H groups in total. The SMILES string of the molecule is CC(C)[C@H](N)C(=O)NCC(=O)N(Cc1ccc(F)cc1F)C1CCCC1. The molecule has 0 aromatic heterocycles. The average Bonchev–Trinajstić information content (AvgIpc) is 3.12. The van der Waals surface area contributed by atoms with E-state index in [9.17, 15) is 18.4 Å². The minimum absolute atomic E-state index is 0.00243. The molecule has 0 radical (unpaired) electrons. The molecule has 0 unspecified atom stereocenters. The third kappa shape index (κ3) is 5.24. The van der Waals surface area contributed by atoms with Gasteiger partial charge in [0.2, 0.25) is 11.8 Å². The van der Waals surface area contributed by atoms with Gasteiger partial charge in [-0.3, -0.25) is 9.59 Å². The van der Waals surface area contributed by atoms with E-state index < -0.39 is 17.7 Å². The first-order chi connectivity index (χ1) is 12.3. The molecule has 5 nitrogen and oxygen atoms in total. The zero-order valence-corrected chi connectivity index (χ0v) is 15.3. The van der Waals surface area contributed by atoms with Crippen molar-refractivity contribution in [2.24, 2.45) is 11.7 Å². The van der Waals surface area contributed by atoms with Crippen LogP contribution in [0.1, 0.15) is 45.1 Å². The van der Waals surface area contributed by atoms with Crippen LogP contribution in [0.3, 0.4) is 0 Å². The maximum absolute atomic E-state index is 14.0. The molecule has 1 aliphatic rings. The van der Waals surface area contributed by atoms with Crippen molar-refractivity contribution >= 4 is 11.8 Å². The Hall–Kier alpha value is -2.02. The van der Waals surface area contributed by atoms with Gasteiger partial charge in [0.25, 0.3) is 0 Å². The van der Waals surface area contributed by atoms with Gasteiger partial charge >= 0.3 is 0 Å². The van der Waals surface area contributed by atoms with Crippen molar-refractivity contribution in [2.75, 3.05) is 6.54 Å². The number of benzene rings is 1. The summed E-state index contributed by atoms with van der Waals surface area (Å²) in [5, 5.41) is 2.57. The second kappa shape index (κ2) is 9.07. The summed E-state index contributed by atoms with van der Waals surface area (Å²) in [5.41, 5.74) is 6.04. The Labute approximate surface area is 152 Å². The van der Waals surface area contributed by atoms with E-state index in [4.69, 9.17) is 5.73 Å². The molecular formula is C19H27F2N3O2.